The fourth-order valence-electron chi connectivity index (χ4n) is 4.66. The number of anilines is 1. The van der Waals surface area contributed by atoms with Crippen LogP contribution in [0.5, 0.6) is 0 Å². The summed E-state index contributed by atoms with van der Waals surface area (Å²) in [6, 6.07) is 9.94. The Labute approximate surface area is 202 Å². The third-order valence-corrected chi connectivity index (χ3v) is 6.92. The van der Waals surface area contributed by atoms with Crippen LogP contribution in [0.3, 0.4) is 0 Å². The molecule has 0 radical (unpaired) electrons. The summed E-state index contributed by atoms with van der Waals surface area (Å²) in [7, 11) is 1.86. The number of ether oxygens (including phenoxy) is 1. The van der Waals surface area contributed by atoms with Gasteiger partial charge in [-0.2, -0.15) is 5.10 Å². The summed E-state index contributed by atoms with van der Waals surface area (Å²) in [5.41, 5.74) is 7.00. The zero-order valence-electron chi connectivity index (χ0n) is 19.1. The Morgan fingerprint density at radius 3 is 2.74 bits per heavy atom. The third kappa shape index (κ3) is 3.75. The number of halogens is 1. The number of fused-ring (bicyclic) bond motifs is 3. The van der Waals surface area contributed by atoms with Crippen LogP contribution < -0.4 is 4.90 Å². The van der Waals surface area contributed by atoms with E-state index in [1.807, 2.05) is 50.5 Å². The number of nitrogens with zero attached hydrogens (tertiary/aromatic N) is 5. The molecule has 172 valence electrons. The molecule has 1 fully saturated rings. The maximum absolute atomic E-state index is 13.7. The topological polar surface area (TPSA) is 73.1 Å². The van der Waals surface area contributed by atoms with Gasteiger partial charge in [-0.25, -0.2) is 4.98 Å². The van der Waals surface area contributed by atoms with Gasteiger partial charge >= 0.3 is 0 Å². The summed E-state index contributed by atoms with van der Waals surface area (Å²) in [6.07, 6.45) is 5.92. The van der Waals surface area contributed by atoms with Gasteiger partial charge in [0, 0.05) is 42.0 Å². The van der Waals surface area contributed by atoms with Crippen LogP contribution >= 0.6 is 11.6 Å². The van der Waals surface area contributed by atoms with Crippen molar-refractivity contribution in [3.05, 3.63) is 81.5 Å². The molecule has 2 aliphatic rings. The molecule has 0 N–H and O–H groups in total. The summed E-state index contributed by atoms with van der Waals surface area (Å²) >= 11 is 6.42. The maximum atomic E-state index is 13.7. The van der Waals surface area contributed by atoms with Gasteiger partial charge in [0.25, 0.3) is 5.91 Å². The third-order valence-electron chi connectivity index (χ3n) is 6.61. The number of carbonyl (C=O) groups excluding carboxylic acids is 1. The average Bonchev–Trinajstić information content (AvgIpc) is 3.46. The molecule has 4 aromatic rings. The summed E-state index contributed by atoms with van der Waals surface area (Å²) in [5.74, 6) is 0.434. The van der Waals surface area contributed by atoms with Gasteiger partial charge in [-0.05, 0) is 49.1 Å². The molecule has 0 saturated heterocycles. The zero-order chi connectivity index (χ0) is 23.4. The first-order valence-corrected chi connectivity index (χ1v) is 11.8. The minimum absolute atomic E-state index is 0.112. The first-order chi connectivity index (χ1) is 16.5. The smallest absolute Gasteiger partial charge is 0.260 e. The minimum Gasteiger partial charge on any atom is -0.372 e. The number of hydrogen-bond acceptors (Lipinski definition) is 5. The van der Waals surface area contributed by atoms with Gasteiger partial charge < -0.3 is 9.64 Å². The normalized spacial score (nSPS) is 15.0. The maximum Gasteiger partial charge on any atom is 0.260 e. The van der Waals surface area contributed by atoms with E-state index >= 15 is 0 Å². The molecule has 6 rings (SSSR count). The van der Waals surface area contributed by atoms with Crippen molar-refractivity contribution in [3.8, 4) is 0 Å². The van der Waals surface area contributed by atoms with Crippen LogP contribution in [0.1, 0.15) is 57.2 Å². The number of carbonyl (C=O) groups is 1. The monoisotopic (exact) mass is 473 g/mol. The van der Waals surface area contributed by atoms with Crippen LogP contribution in [-0.4, -0.2) is 25.7 Å². The van der Waals surface area contributed by atoms with E-state index in [1.165, 1.54) is 12.8 Å². The number of hydrogen-bond donors (Lipinski definition) is 0. The van der Waals surface area contributed by atoms with Crippen molar-refractivity contribution in [1.82, 2.24) is 19.7 Å². The van der Waals surface area contributed by atoms with Crippen molar-refractivity contribution >= 4 is 34.1 Å². The van der Waals surface area contributed by atoms with E-state index in [9.17, 15) is 4.79 Å². The van der Waals surface area contributed by atoms with E-state index in [2.05, 4.69) is 15.1 Å². The van der Waals surface area contributed by atoms with Gasteiger partial charge in [0.05, 0.1) is 42.2 Å². The number of aromatic nitrogens is 4. The van der Waals surface area contributed by atoms with Crippen molar-refractivity contribution in [3.63, 3.8) is 0 Å². The quantitative estimate of drug-likeness (QED) is 0.378. The highest BCUT2D eigenvalue weighted by molar-refractivity contribution is 6.30. The lowest BCUT2D eigenvalue weighted by atomic mass is 10.0. The van der Waals surface area contributed by atoms with Crippen molar-refractivity contribution in [1.29, 1.82) is 0 Å². The molecule has 3 aromatic heterocycles. The van der Waals surface area contributed by atoms with E-state index in [0.29, 0.717) is 36.4 Å². The molecule has 4 heterocycles. The Hall–Kier alpha value is -3.29. The van der Waals surface area contributed by atoms with Gasteiger partial charge in [0.2, 0.25) is 0 Å². The van der Waals surface area contributed by atoms with Gasteiger partial charge in [0.1, 0.15) is 5.15 Å². The van der Waals surface area contributed by atoms with E-state index in [1.54, 1.807) is 15.8 Å². The molecule has 0 unspecified atom stereocenters. The Morgan fingerprint density at radius 1 is 1.21 bits per heavy atom. The lowest BCUT2D eigenvalue weighted by Gasteiger charge is -2.22. The average molecular weight is 474 g/mol. The van der Waals surface area contributed by atoms with E-state index in [-0.39, 0.29) is 5.91 Å². The fourth-order valence-corrected chi connectivity index (χ4v) is 4.92. The number of aryl methyl sites for hydroxylation is 2. The predicted octanol–water partition coefficient (Wildman–Crippen LogP) is 5.08. The van der Waals surface area contributed by atoms with Crippen LogP contribution in [0.15, 0.2) is 42.7 Å². The summed E-state index contributed by atoms with van der Waals surface area (Å²) in [6.45, 7) is 3.32. The molecule has 0 spiro atoms. The predicted molar refractivity (Wildman–Crippen MR) is 130 cm³/mol. The van der Waals surface area contributed by atoms with Gasteiger partial charge in [0.15, 0.2) is 0 Å². The first-order valence-electron chi connectivity index (χ1n) is 11.4. The molecule has 7 nitrogen and oxygen atoms in total. The van der Waals surface area contributed by atoms with E-state index in [4.69, 9.17) is 16.3 Å². The number of pyridine rings is 2. The summed E-state index contributed by atoms with van der Waals surface area (Å²) in [5, 5.41) is 5.98. The Balaban J connectivity index is 1.37. The van der Waals surface area contributed by atoms with Crippen LogP contribution in [0.25, 0.3) is 10.9 Å². The second kappa shape index (κ2) is 8.18. The molecule has 1 amide bonds. The lowest BCUT2D eigenvalue weighted by molar-refractivity contribution is 0.0984. The summed E-state index contributed by atoms with van der Waals surface area (Å²) in [4.78, 5) is 24.6. The van der Waals surface area contributed by atoms with Crippen LogP contribution in [-0.2, 0) is 31.5 Å². The molecular weight excluding hydrogens is 450 g/mol. The number of benzene rings is 1. The minimum atomic E-state index is -0.112. The number of amides is 1. The Kier molecular flexibility index (Phi) is 5.12. The lowest BCUT2D eigenvalue weighted by Crippen LogP contribution is -2.31. The largest absolute Gasteiger partial charge is 0.372 e. The Morgan fingerprint density at radius 2 is 2.03 bits per heavy atom. The van der Waals surface area contributed by atoms with Gasteiger partial charge in [-0.1, -0.05) is 23.7 Å². The highest BCUT2D eigenvalue weighted by Crippen LogP contribution is 2.39. The molecule has 1 aliphatic carbocycles. The van der Waals surface area contributed by atoms with Crippen LogP contribution in [0, 0.1) is 6.92 Å². The van der Waals surface area contributed by atoms with Crippen molar-refractivity contribution in [2.75, 3.05) is 4.90 Å². The van der Waals surface area contributed by atoms with E-state index in [0.717, 1.165) is 44.7 Å². The highest BCUT2D eigenvalue weighted by Gasteiger charge is 2.27. The molecule has 0 atom stereocenters. The molecule has 8 heteroatoms. The van der Waals surface area contributed by atoms with Crippen LogP contribution in [0.2, 0.25) is 5.15 Å². The van der Waals surface area contributed by atoms with Gasteiger partial charge in [-0.15, -0.1) is 0 Å². The molecular formula is C26H24ClN5O2. The van der Waals surface area contributed by atoms with Crippen molar-refractivity contribution in [2.45, 2.75) is 45.4 Å². The van der Waals surface area contributed by atoms with Crippen molar-refractivity contribution in [2.24, 2.45) is 7.05 Å². The number of rotatable bonds is 5. The second-order valence-electron chi connectivity index (χ2n) is 9.11. The Bertz CT molecular complexity index is 1430. The second-order valence-corrected chi connectivity index (χ2v) is 9.47. The SMILES string of the molecule is Cc1nn(C)cc1N(Cc1ccc2c3c(c(Cl)nc2c1)COC3)C(=O)c1ccc(C2CC2)nc1. The molecule has 0 bridgehead atoms. The zero-order valence-corrected chi connectivity index (χ0v) is 19.8. The molecule has 1 aromatic carbocycles. The summed E-state index contributed by atoms with van der Waals surface area (Å²) < 4.78 is 7.31. The van der Waals surface area contributed by atoms with Crippen molar-refractivity contribution < 1.29 is 9.53 Å². The highest BCUT2D eigenvalue weighted by atomic mass is 35.5. The van der Waals surface area contributed by atoms with Crippen LogP contribution in [0.4, 0.5) is 5.69 Å². The van der Waals surface area contributed by atoms with Gasteiger partial charge in [-0.3, -0.25) is 14.5 Å². The molecule has 1 saturated carbocycles. The van der Waals surface area contributed by atoms with E-state index < -0.39 is 0 Å². The first kappa shape index (κ1) is 21.3. The molecule has 34 heavy (non-hydrogen) atoms. The fraction of sp³-hybridized carbons (Fsp3) is 0.308. The molecule has 1 aliphatic heterocycles. The standard InChI is InChI=1S/C26H24ClN5O2/c1-15-24(12-31(2)30-15)32(26(33)18-6-8-22(28-10-18)17-4-5-17)11-16-3-7-19-20-13-34-14-21(20)25(27)29-23(19)9-16/h3,6-10,12,17H,4-5,11,13-14H2,1-2H3.